The molecule has 1 aliphatic carbocycles. The number of benzene rings is 1. The topological polar surface area (TPSA) is 42.2 Å². The summed E-state index contributed by atoms with van der Waals surface area (Å²) in [5, 5.41) is 3.78. The van der Waals surface area contributed by atoms with E-state index in [0.717, 1.165) is 11.5 Å². The standard InChI is InChI=1S/C17H17Cl2NO2/c1-10-8-13(10)16-6-3-12(22-16)4-7-17(21)20-15-9-11(18)2-5-14(15)19/h2-3,5-6,9-10,13H,4,7-8H2,1H3,(H,20,21). The molecule has 2 unspecified atom stereocenters. The summed E-state index contributed by atoms with van der Waals surface area (Å²) in [6.45, 7) is 2.22. The van der Waals surface area contributed by atoms with Crippen molar-refractivity contribution >= 4 is 34.8 Å². The van der Waals surface area contributed by atoms with E-state index in [1.165, 1.54) is 6.42 Å². The Hall–Kier alpha value is -1.45. The molecule has 0 saturated heterocycles. The predicted octanol–water partition coefficient (Wildman–Crippen LogP) is 5.28. The van der Waals surface area contributed by atoms with Crippen LogP contribution in [0.1, 0.15) is 37.2 Å². The molecule has 0 spiro atoms. The van der Waals surface area contributed by atoms with Crippen LogP contribution in [0.4, 0.5) is 5.69 Å². The number of furan rings is 1. The van der Waals surface area contributed by atoms with Gasteiger partial charge in [0.05, 0.1) is 10.7 Å². The molecule has 1 N–H and O–H groups in total. The van der Waals surface area contributed by atoms with Gasteiger partial charge in [0.25, 0.3) is 0 Å². The lowest BCUT2D eigenvalue weighted by molar-refractivity contribution is -0.116. The Bertz CT molecular complexity index is 696. The number of anilines is 1. The minimum absolute atomic E-state index is 0.109. The van der Waals surface area contributed by atoms with E-state index in [0.29, 0.717) is 40.4 Å². The van der Waals surface area contributed by atoms with Gasteiger partial charge in [-0.1, -0.05) is 30.1 Å². The highest BCUT2D eigenvalue weighted by Gasteiger charge is 2.36. The van der Waals surface area contributed by atoms with Crippen molar-refractivity contribution in [3.8, 4) is 0 Å². The molecule has 2 aromatic rings. The summed E-state index contributed by atoms with van der Waals surface area (Å²) in [5.74, 6) is 3.06. The first-order valence-corrected chi connectivity index (χ1v) is 8.12. The average molecular weight is 338 g/mol. The maximum atomic E-state index is 12.0. The van der Waals surface area contributed by atoms with Crippen molar-refractivity contribution in [3.05, 3.63) is 51.9 Å². The first-order chi connectivity index (χ1) is 10.5. The quantitative estimate of drug-likeness (QED) is 0.806. The molecule has 3 rings (SSSR count). The second kappa shape index (κ2) is 6.35. The summed E-state index contributed by atoms with van der Waals surface area (Å²) in [6, 6.07) is 8.97. The van der Waals surface area contributed by atoms with Gasteiger partial charge in [-0.25, -0.2) is 0 Å². The second-order valence-corrected chi connectivity index (χ2v) is 6.64. The summed E-state index contributed by atoms with van der Waals surface area (Å²) in [4.78, 5) is 12.0. The van der Waals surface area contributed by atoms with E-state index < -0.39 is 0 Å². The summed E-state index contributed by atoms with van der Waals surface area (Å²) >= 11 is 11.9. The molecule has 22 heavy (non-hydrogen) atoms. The van der Waals surface area contributed by atoms with Gasteiger partial charge in [-0.05, 0) is 42.7 Å². The van der Waals surface area contributed by atoms with Crippen LogP contribution in [-0.2, 0) is 11.2 Å². The molecule has 116 valence electrons. The fourth-order valence-electron chi connectivity index (χ4n) is 2.49. The van der Waals surface area contributed by atoms with Gasteiger partial charge in [0.2, 0.25) is 5.91 Å². The van der Waals surface area contributed by atoms with Crippen molar-refractivity contribution in [2.45, 2.75) is 32.1 Å². The van der Waals surface area contributed by atoms with E-state index in [9.17, 15) is 4.79 Å². The monoisotopic (exact) mass is 337 g/mol. The highest BCUT2D eigenvalue weighted by Crippen LogP contribution is 2.47. The zero-order valence-electron chi connectivity index (χ0n) is 12.2. The smallest absolute Gasteiger partial charge is 0.224 e. The third kappa shape index (κ3) is 3.65. The molecule has 5 heteroatoms. The van der Waals surface area contributed by atoms with E-state index >= 15 is 0 Å². The van der Waals surface area contributed by atoms with E-state index in [-0.39, 0.29) is 5.91 Å². The Kier molecular flexibility index (Phi) is 4.46. The maximum absolute atomic E-state index is 12.0. The van der Waals surface area contributed by atoms with Gasteiger partial charge < -0.3 is 9.73 Å². The van der Waals surface area contributed by atoms with Crippen molar-refractivity contribution in [3.63, 3.8) is 0 Å². The Labute approximate surface area is 139 Å². The number of hydrogen-bond acceptors (Lipinski definition) is 2. The van der Waals surface area contributed by atoms with Crippen LogP contribution in [0, 0.1) is 5.92 Å². The molecule has 1 amide bonds. The van der Waals surface area contributed by atoms with Crippen LogP contribution in [0.2, 0.25) is 10.0 Å². The third-order valence-corrected chi connectivity index (χ3v) is 4.52. The molecule has 1 aliphatic rings. The molecular weight excluding hydrogens is 321 g/mol. The zero-order chi connectivity index (χ0) is 15.7. The molecule has 1 aromatic carbocycles. The van der Waals surface area contributed by atoms with E-state index in [1.807, 2.05) is 12.1 Å². The van der Waals surface area contributed by atoms with Gasteiger partial charge in [-0.15, -0.1) is 0 Å². The van der Waals surface area contributed by atoms with Gasteiger partial charge in [0, 0.05) is 23.8 Å². The number of rotatable bonds is 5. The van der Waals surface area contributed by atoms with Gasteiger partial charge >= 0.3 is 0 Å². The number of nitrogens with one attached hydrogen (secondary N) is 1. The third-order valence-electron chi connectivity index (χ3n) is 3.96. The van der Waals surface area contributed by atoms with Crippen LogP contribution in [0.5, 0.6) is 0 Å². The largest absolute Gasteiger partial charge is 0.466 e. The minimum Gasteiger partial charge on any atom is -0.466 e. The lowest BCUT2D eigenvalue weighted by atomic mass is 10.2. The Morgan fingerprint density at radius 1 is 1.32 bits per heavy atom. The molecule has 3 nitrogen and oxygen atoms in total. The van der Waals surface area contributed by atoms with Crippen LogP contribution in [0.15, 0.2) is 34.7 Å². The van der Waals surface area contributed by atoms with Gasteiger partial charge in [0.1, 0.15) is 11.5 Å². The molecule has 1 heterocycles. The van der Waals surface area contributed by atoms with Gasteiger partial charge in [0.15, 0.2) is 0 Å². The molecule has 1 saturated carbocycles. The predicted molar refractivity (Wildman–Crippen MR) is 88.6 cm³/mol. The molecule has 1 fully saturated rings. The molecular formula is C17H17Cl2NO2. The zero-order valence-corrected chi connectivity index (χ0v) is 13.7. The summed E-state index contributed by atoms with van der Waals surface area (Å²) in [5.41, 5.74) is 0.533. The Morgan fingerprint density at radius 3 is 2.82 bits per heavy atom. The molecule has 0 bridgehead atoms. The fourth-order valence-corrected chi connectivity index (χ4v) is 2.83. The van der Waals surface area contributed by atoms with E-state index in [2.05, 4.69) is 12.2 Å². The minimum atomic E-state index is -0.109. The number of halogens is 2. The maximum Gasteiger partial charge on any atom is 0.224 e. The van der Waals surface area contributed by atoms with E-state index in [1.54, 1.807) is 18.2 Å². The number of hydrogen-bond donors (Lipinski definition) is 1. The summed E-state index contributed by atoms with van der Waals surface area (Å²) < 4.78 is 5.79. The van der Waals surface area contributed by atoms with Crippen molar-refractivity contribution in [1.82, 2.24) is 0 Å². The lowest BCUT2D eigenvalue weighted by Gasteiger charge is -2.07. The fraction of sp³-hybridized carbons (Fsp3) is 0.353. The first-order valence-electron chi connectivity index (χ1n) is 7.36. The number of carbonyl (C=O) groups is 1. The van der Waals surface area contributed by atoms with Crippen LogP contribution < -0.4 is 5.32 Å². The van der Waals surface area contributed by atoms with Crippen molar-refractivity contribution in [2.24, 2.45) is 5.92 Å². The summed E-state index contributed by atoms with van der Waals surface area (Å²) in [6.07, 6.45) is 2.11. The SMILES string of the molecule is CC1CC1c1ccc(CCC(=O)Nc2cc(Cl)ccc2Cl)o1. The molecule has 0 radical (unpaired) electrons. The van der Waals surface area contributed by atoms with Crippen LogP contribution in [-0.4, -0.2) is 5.91 Å². The Balaban J connectivity index is 1.54. The van der Waals surface area contributed by atoms with Crippen molar-refractivity contribution in [2.75, 3.05) is 5.32 Å². The first kappa shape index (κ1) is 15.4. The summed E-state index contributed by atoms with van der Waals surface area (Å²) in [7, 11) is 0. The number of carbonyl (C=O) groups excluding carboxylic acids is 1. The molecule has 0 aliphatic heterocycles. The normalized spacial score (nSPS) is 20.0. The van der Waals surface area contributed by atoms with E-state index in [4.69, 9.17) is 27.6 Å². The van der Waals surface area contributed by atoms with Crippen molar-refractivity contribution in [1.29, 1.82) is 0 Å². The lowest BCUT2D eigenvalue weighted by Crippen LogP contribution is -2.12. The number of aryl methyl sites for hydroxylation is 1. The van der Waals surface area contributed by atoms with Crippen molar-refractivity contribution < 1.29 is 9.21 Å². The molecule has 1 aromatic heterocycles. The van der Waals surface area contributed by atoms with Crippen LogP contribution in [0.25, 0.3) is 0 Å². The molecule has 2 atom stereocenters. The van der Waals surface area contributed by atoms with Gasteiger partial charge in [-0.3, -0.25) is 4.79 Å². The second-order valence-electron chi connectivity index (χ2n) is 5.80. The number of amides is 1. The van der Waals surface area contributed by atoms with Crippen LogP contribution in [0.3, 0.4) is 0 Å². The average Bonchev–Trinajstić information content (AvgIpc) is 3.02. The van der Waals surface area contributed by atoms with Crippen LogP contribution >= 0.6 is 23.2 Å². The van der Waals surface area contributed by atoms with Gasteiger partial charge in [-0.2, -0.15) is 0 Å². The highest BCUT2D eigenvalue weighted by atomic mass is 35.5. The Morgan fingerprint density at radius 2 is 2.09 bits per heavy atom. The highest BCUT2D eigenvalue weighted by molar-refractivity contribution is 6.35.